The molecule has 0 saturated heterocycles. The van der Waals surface area contributed by atoms with E-state index in [9.17, 15) is 9.59 Å². The number of hydrogen-bond donors (Lipinski definition) is 0. The molecule has 1 heterocycles. The van der Waals surface area contributed by atoms with Gasteiger partial charge >= 0.3 is 0 Å². The molecule has 0 radical (unpaired) electrons. The fourth-order valence-corrected chi connectivity index (χ4v) is 3.93. The van der Waals surface area contributed by atoms with Crippen molar-refractivity contribution in [1.82, 2.24) is 0 Å². The van der Waals surface area contributed by atoms with Gasteiger partial charge in [-0.1, -0.05) is 54.1 Å². The lowest BCUT2D eigenvalue weighted by molar-refractivity contribution is -0.120. The number of benzene rings is 3. The third kappa shape index (κ3) is 3.47. The van der Waals surface area contributed by atoms with Gasteiger partial charge in [0.15, 0.2) is 0 Å². The number of halogens is 1. The van der Waals surface area contributed by atoms with Gasteiger partial charge in [0.25, 0.3) is 11.8 Å². The third-order valence-electron chi connectivity index (χ3n) is 5.39. The van der Waals surface area contributed by atoms with Crippen LogP contribution in [0.1, 0.15) is 11.1 Å². The maximum Gasteiger partial charge on any atom is 0.282 e. The average Bonchev–Trinajstić information content (AvgIpc) is 3.05. The second-order valence-corrected chi connectivity index (χ2v) is 7.56. The summed E-state index contributed by atoms with van der Waals surface area (Å²) in [4.78, 5) is 30.3. The maximum absolute atomic E-state index is 13.7. The minimum atomic E-state index is -0.419. The van der Waals surface area contributed by atoms with Crippen LogP contribution in [0.5, 0.6) is 5.75 Å². The molecule has 0 atom stereocenters. The van der Waals surface area contributed by atoms with Gasteiger partial charge in [0.05, 0.1) is 18.4 Å². The van der Waals surface area contributed by atoms with Gasteiger partial charge in [0.1, 0.15) is 11.4 Å². The topological polar surface area (TPSA) is 49.9 Å². The summed E-state index contributed by atoms with van der Waals surface area (Å²) in [6.45, 7) is 1.79. The van der Waals surface area contributed by atoms with Gasteiger partial charge in [-0.2, -0.15) is 0 Å². The first-order chi connectivity index (χ1) is 15.0. The smallest absolute Gasteiger partial charge is 0.282 e. The molecule has 0 fully saturated rings. The second kappa shape index (κ2) is 8.28. The van der Waals surface area contributed by atoms with Crippen molar-refractivity contribution in [3.8, 4) is 5.75 Å². The zero-order chi connectivity index (χ0) is 22.1. The molecule has 156 valence electrons. The Morgan fingerprint density at radius 3 is 2.26 bits per heavy atom. The number of amides is 2. The Morgan fingerprint density at radius 1 is 0.871 bits per heavy atom. The van der Waals surface area contributed by atoms with Crippen LogP contribution in [0.4, 0.5) is 11.4 Å². The summed E-state index contributed by atoms with van der Waals surface area (Å²) >= 11 is 6.29. The minimum Gasteiger partial charge on any atom is -0.496 e. The molecule has 0 aliphatic carbocycles. The maximum atomic E-state index is 13.7. The quantitative estimate of drug-likeness (QED) is 0.528. The van der Waals surface area contributed by atoms with Crippen LogP contribution in [0.2, 0.25) is 5.02 Å². The molecule has 4 rings (SSSR count). The van der Waals surface area contributed by atoms with E-state index in [1.165, 1.54) is 4.90 Å². The molecule has 0 aromatic heterocycles. The Bertz CT molecular complexity index is 1200. The monoisotopic (exact) mass is 432 g/mol. The summed E-state index contributed by atoms with van der Waals surface area (Å²) in [5, 5.41) is 0.488. The number of ether oxygens (including phenoxy) is 1. The Kier molecular flexibility index (Phi) is 5.53. The number of nitrogens with zero attached hydrogens (tertiary/aromatic N) is 2. The highest BCUT2D eigenvalue weighted by Gasteiger charge is 2.43. The summed E-state index contributed by atoms with van der Waals surface area (Å²) in [6.07, 6.45) is 0. The minimum absolute atomic E-state index is 0.278. The first-order valence-electron chi connectivity index (χ1n) is 9.76. The van der Waals surface area contributed by atoms with Crippen LogP contribution in [0.15, 0.2) is 78.5 Å². The van der Waals surface area contributed by atoms with Crippen LogP contribution in [0, 0.1) is 6.92 Å². The lowest BCUT2D eigenvalue weighted by Gasteiger charge is -2.22. The molecular weight excluding hydrogens is 412 g/mol. The van der Waals surface area contributed by atoms with E-state index in [-0.39, 0.29) is 11.3 Å². The van der Waals surface area contributed by atoms with Gasteiger partial charge in [0, 0.05) is 23.3 Å². The third-order valence-corrected chi connectivity index (χ3v) is 5.80. The Morgan fingerprint density at radius 2 is 1.55 bits per heavy atom. The number of para-hydroxylation sites is 2. The van der Waals surface area contributed by atoms with Crippen molar-refractivity contribution in [2.24, 2.45) is 0 Å². The molecule has 3 aromatic rings. The number of methoxy groups -OCH3 is 1. The SMILES string of the molecule is COc1ccccc1C1=C(N(C)c2ccccc2)C(=O)N(c2cccc(Cl)c2C)C1=O. The Hall–Kier alpha value is -3.57. The number of anilines is 2. The first-order valence-corrected chi connectivity index (χ1v) is 10.1. The summed E-state index contributed by atoms with van der Waals surface area (Å²) in [7, 11) is 3.32. The largest absolute Gasteiger partial charge is 0.496 e. The van der Waals surface area contributed by atoms with Gasteiger partial charge in [-0.3, -0.25) is 9.59 Å². The lowest BCUT2D eigenvalue weighted by Crippen LogP contribution is -2.34. The lowest BCUT2D eigenvalue weighted by atomic mass is 10.0. The molecule has 0 spiro atoms. The van der Waals surface area contributed by atoms with E-state index in [0.29, 0.717) is 27.6 Å². The predicted octanol–water partition coefficient (Wildman–Crippen LogP) is 5.08. The van der Waals surface area contributed by atoms with Gasteiger partial charge in [-0.15, -0.1) is 0 Å². The van der Waals surface area contributed by atoms with Crippen molar-refractivity contribution in [3.63, 3.8) is 0 Å². The number of imide groups is 1. The predicted molar refractivity (Wildman–Crippen MR) is 123 cm³/mol. The zero-order valence-electron chi connectivity index (χ0n) is 17.4. The van der Waals surface area contributed by atoms with Crippen LogP contribution in [0.3, 0.4) is 0 Å². The molecule has 31 heavy (non-hydrogen) atoms. The summed E-state index contributed by atoms with van der Waals surface area (Å²) < 4.78 is 5.50. The fraction of sp³-hybridized carbons (Fsp3) is 0.120. The molecule has 0 unspecified atom stereocenters. The van der Waals surface area contributed by atoms with Crippen LogP contribution in [-0.2, 0) is 9.59 Å². The number of likely N-dealkylation sites (N-methyl/N-ethyl adjacent to an activating group) is 1. The summed E-state index contributed by atoms with van der Waals surface area (Å²) in [6, 6.07) is 21.8. The molecule has 0 saturated carbocycles. The molecular formula is C25H21ClN2O3. The number of carbonyl (C=O) groups excluding carboxylic acids is 2. The molecule has 0 N–H and O–H groups in total. The molecule has 6 heteroatoms. The van der Waals surface area contributed by atoms with Crippen LogP contribution >= 0.6 is 11.6 Å². The molecule has 3 aromatic carbocycles. The van der Waals surface area contributed by atoms with E-state index >= 15 is 0 Å². The van der Waals surface area contributed by atoms with Crippen molar-refractivity contribution in [1.29, 1.82) is 0 Å². The van der Waals surface area contributed by atoms with Crippen molar-refractivity contribution in [2.45, 2.75) is 6.92 Å². The highest BCUT2D eigenvalue weighted by atomic mass is 35.5. The van der Waals surface area contributed by atoms with Gasteiger partial charge in [-0.25, -0.2) is 4.90 Å². The van der Waals surface area contributed by atoms with Gasteiger partial charge in [-0.05, 0) is 42.8 Å². The Balaban J connectivity index is 1.95. The van der Waals surface area contributed by atoms with E-state index in [0.717, 1.165) is 5.69 Å². The van der Waals surface area contributed by atoms with E-state index in [2.05, 4.69) is 0 Å². The van der Waals surface area contributed by atoms with Gasteiger partial charge in [0.2, 0.25) is 0 Å². The number of hydrogen-bond acceptors (Lipinski definition) is 4. The highest BCUT2D eigenvalue weighted by molar-refractivity contribution is 6.47. The zero-order valence-corrected chi connectivity index (χ0v) is 18.2. The highest BCUT2D eigenvalue weighted by Crippen LogP contribution is 2.40. The first kappa shape index (κ1) is 20.7. The average molecular weight is 433 g/mol. The van der Waals surface area contributed by atoms with Crippen molar-refractivity contribution in [2.75, 3.05) is 24.0 Å². The van der Waals surface area contributed by atoms with E-state index in [1.807, 2.05) is 42.5 Å². The van der Waals surface area contributed by atoms with E-state index in [4.69, 9.17) is 16.3 Å². The summed E-state index contributed by atoms with van der Waals surface area (Å²) in [5.41, 5.74) is 3.03. The summed E-state index contributed by atoms with van der Waals surface area (Å²) in [5.74, 6) is -0.317. The van der Waals surface area contributed by atoms with Crippen molar-refractivity contribution in [3.05, 3.63) is 94.6 Å². The van der Waals surface area contributed by atoms with Crippen molar-refractivity contribution < 1.29 is 14.3 Å². The number of rotatable bonds is 5. The molecule has 1 aliphatic rings. The molecule has 1 aliphatic heterocycles. The molecule has 0 bridgehead atoms. The van der Waals surface area contributed by atoms with Crippen molar-refractivity contribution >= 4 is 40.4 Å². The van der Waals surface area contributed by atoms with Crippen LogP contribution in [-0.4, -0.2) is 26.0 Å². The molecule has 2 amide bonds. The van der Waals surface area contributed by atoms with Crippen LogP contribution < -0.4 is 14.5 Å². The molecule has 5 nitrogen and oxygen atoms in total. The van der Waals surface area contributed by atoms with E-state index < -0.39 is 11.8 Å². The van der Waals surface area contributed by atoms with Gasteiger partial charge < -0.3 is 9.64 Å². The number of carbonyl (C=O) groups is 2. The second-order valence-electron chi connectivity index (χ2n) is 7.15. The standard InChI is InChI=1S/C25H21ClN2O3/c1-16-19(26)13-9-14-20(16)28-24(29)22(18-12-7-8-15-21(18)31-3)23(25(28)30)27(2)17-10-5-4-6-11-17/h4-15H,1-3H3. The normalized spacial score (nSPS) is 13.7. The Labute approximate surface area is 186 Å². The van der Waals surface area contributed by atoms with Crippen LogP contribution in [0.25, 0.3) is 5.57 Å². The van der Waals surface area contributed by atoms with E-state index in [1.54, 1.807) is 56.3 Å². The fourth-order valence-electron chi connectivity index (χ4n) is 3.76.